The zero-order valence-electron chi connectivity index (χ0n) is 11.4. The van der Waals surface area contributed by atoms with Crippen molar-refractivity contribution in [2.24, 2.45) is 0 Å². The lowest BCUT2D eigenvalue weighted by Crippen LogP contribution is -2.10. The Balaban J connectivity index is 1.78. The molecule has 1 atom stereocenters. The fraction of sp³-hybridized carbons (Fsp3) is 0.500. The Bertz CT molecular complexity index is 617. The quantitative estimate of drug-likeness (QED) is 0.329. The highest BCUT2D eigenvalue weighted by Crippen LogP contribution is 2.63. The SMILES string of the molecule is CC(OP(=O)(N1CC1)N1CC1)c1ccc([N+](=O)[O-])c(Br)c1. The lowest BCUT2D eigenvalue weighted by Gasteiger charge is -2.24. The molecule has 0 aromatic heterocycles. The van der Waals surface area contributed by atoms with Gasteiger partial charge in [0.15, 0.2) is 0 Å². The first-order valence-corrected chi connectivity index (χ1v) is 8.97. The molecule has 2 aliphatic heterocycles. The highest BCUT2D eigenvalue weighted by molar-refractivity contribution is 9.10. The van der Waals surface area contributed by atoms with Crippen molar-refractivity contribution in [1.29, 1.82) is 0 Å². The highest BCUT2D eigenvalue weighted by atomic mass is 79.9. The lowest BCUT2D eigenvalue weighted by molar-refractivity contribution is -0.385. The summed E-state index contributed by atoms with van der Waals surface area (Å²) in [6, 6.07) is 4.72. The molecule has 0 saturated carbocycles. The molecule has 2 fully saturated rings. The van der Waals surface area contributed by atoms with Gasteiger partial charge in [-0.05, 0) is 40.5 Å². The predicted molar refractivity (Wildman–Crippen MR) is 81.0 cm³/mol. The van der Waals surface area contributed by atoms with Crippen LogP contribution in [0.4, 0.5) is 5.69 Å². The molecule has 0 amide bonds. The molecule has 0 aliphatic carbocycles. The van der Waals surface area contributed by atoms with Crippen LogP contribution < -0.4 is 0 Å². The van der Waals surface area contributed by atoms with E-state index in [2.05, 4.69) is 15.9 Å². The topological polar surface area (TPSA) is 75.5 Å². The monoisotopic (exact) mass is 375 g/mol. The molecule has 0 N–H and O–H groups in total. The third kappa shape index (κ3) is 3.05. The van der Waals surface area contributed by atoms with E-state index in [9.17, 15) is 14.7 Å². The number of nitro benzene ring substituents is 1. The van der Waals surface area contributed by atoms with Gasteiger partial charge in [0, 0.05) is 32.2 Å². The van der Waals surface area contributed by atoms with Crippen LogP contribution in [0.5, 0.6) is 0 Å². The summed E-state index contributed by atoms with van der Waals surface area (Å²) >= 11 is 3.19. The van der Waals surface area contributed by atoms with Crippen LogP contribution in [0.25, 0.3) is 0 Å². The maximum Gasteiger partial charge on any atom is 0.346 e. The second kappa shape index (κ2) is 5.44. The minimum absolute atomic E-state index is 0.00557. The van der Waals surface area contributed by atoms with E-state index < -0.39 is 18.7 Å². The van der Waals surface area contributed by atoms with Gasteiger partial charge < -0.3 is 0 Å². The molecular weight excluding hydrogens is 361 g/mol. The smallest absolute Gasteiger partial charge is 0.298 e. The third-order valence-electron chi connectivity index (χ3n) is 3.50. The van der Waals surface area contributed by atoms with Crippen molar-refractivity contribution in [3.05, 3.63) is 38.3 Å². The number of nitrogens with zero attached hydrogens (tertiary/aromatic N) is 3. The van der Waals surface area contributed by atoms with Crippen LogP contribution in [0, 0.1) is 10.1 Å². The number of hydrogen-bond acceptors (Lipinski definition) is 4. The van der Waals surface area contributed by atoms with Gasteiger partial charge in [0.1, 0.15) is 0 Å². The molecule has 9 heteroatoms. The van der Waals surface area contributed by atoms with Gasteiger partial charge in [-0.3, -0.25) is 19.2 Å². The van der Waals surface area contributed by atoms with Gasteiger partial charge in [0.05, 0.1) is 15.5 Å². The van der Waals surface area contributed by atoms with Crippen molar-refractivity contribution in [3.8, 4) is 0 Å². The molecule has 2 heterocycles. The Labute approximate surface area is 130 Å². The van der Waals surface area contributed by atoms with Crippen LogP contribution >= 0.6 is 23.6 Å². The molecule has 2 saturated heterocycles. The Hall–Kier alpha value is -0.790. The molecular formula is C12H15BrN3O4P. The van der Waals surface area contributed by atoms with Crippen molar-refractivity contribution in [2.75, 3.05) is 26.2 Å². The van der Waals surface area contributed by atoms with E-state index in [-0.39, 0.29) is 5.69 Å². The summed E-state index contributed by atoms with van der Waals surface area (Å²) in [4.78, 5) is 10.4. The van der Waals surface area contributed by atoms with E-state index in [1.54, 1.807) is 12.1 Å². The normalized spacial score (nSPS) is 20.3. The first-order valence-electron chi connectivity index (χ1n) is 6.65. The van der Waals surface area contributed by atoms with E-state index in [1.165, 1.54) is 6.07 Å². The van der Waals surface area contributed by atoms with Crippen molar-refractivity contribution < 1.29 is 14.0 Å². The summed E-state index contributed by atoms with van der Waals surface area (Å²) in [6.45, 7) is 5.00. The number of benzene rings is 1. The number of rotatable bonds is 6. The summed E-state index contributed by atoms with van der Waals surface area (Å²) in [7, 11) is -2.89. The van der Waals surface area contributed by atoms with Crippen LogP contribution in [0.1, 0.15) is 18.6 Å². The second-order valence-corrected chi connectivity index (χ2v) is 8.29. The summed E-state index contributed by atoms with van der Waals surface area (Å²) in [5.74, 6) is 0. The van der Waals surface area contributed by atoms with Crippen molar-refractivity contribution in [2.45, 2.75) is 13.0 Å². The van der Waals surface area contributed by atoms with Gasteiger partial charge in [0.2, 0.25) is 0 Å². The van der Waals surface area contributed by atoms with Crippen LogP contribution in [0.3, 0.4) is 0 Å². The Morgan fingerprint density at radius 3 is 2.33 bits per heavy atom. The molecule has 0 bridgehead atoms. The van der Waals surface area contributed by atoms with Crippen LogP contribution in [-0.2, 0) is 9.09 Å². The van der Waals surface area contributed by atoms with Gasteiger partial charge in [-0.15, -0.1) is 0 Å². The molecule has 1 aromatic rings. The van der Waals surface area contributed by atoms with Crippen molar-refractivity contribution in [3.63, 3.8) is 0 Å². The fourth-order valence-corrected chi connectivity index (χ4v) is 4.99. The Morgan fingerprint density at radius 2 is 1.90 bits per heavy atom. The standard InChI is InChI=1S/C12H15BrN3O4P/c1-9(10-2-3-12(16(17)18)11(13)8-10)20-21(19,14-4-5-14)15-6-7-15/h2-3,8-9H,4-7H2,1H3. The van der Waals surface area contributed by atoms with E-state index >= 15 is 0 Å². The highest BCUT2D eigenvalue weighted by Gasteiger charge is 2.50. The summed E-state index contributed by atoms with van der Waals surface area (Å²) in [6.07, 6.45) is -0.394. The Kier molecular flexibility index (Phi) is 3.92. The minimum atomic E-state index is -2.89. The Morgan fingerprint density at radius 1 is 1.33 bits per heavy atom. The van der Waals surface area contributed by atoms with Gasteiger partial charge in [0.25, 0.3) is 5.69 Å². The summed E-state index contributed by atoms with van der Waals surface area (Å²) in [5.41, 5.74) is 0.766. The average Bonchev–Trinajstić information content (AvgIpc) is 3.30. The van der Waals surface area contributed by atoms with Gasteiger partial charge >= 0.3 is 7.67 Å². The van der Waals surface area contributed by atoms with Gasteiger partial charge in [-0.1, -0.05) is 0 Å². The van der Waals surface area contributed by atoms with Gasteiger partial charge in [-0.2, -0.15) is 0 Å². The largest absolute Gasteiger partial charge is 0.346 e. The van der Waals surface area contributed by atoms with Crippen molar-refractivity contribution >= 4 is 29.3 Å². The zero-order valence-corrected chi connectivity index (χ0v) is 13.9. The van der Waals surface area contributed by atoms with E-state index in [4.69, 9.17) is 4.52 Å². The molecule has 114 valence electrons. The van der Waals surface area contributed by atoms with E-state index in [1.807, 2.05) is 16.3 Å². The van der Waals surface area contributed by atoms with Crippen LogP contribution in [0.15, 0.2) is 22.7 Å². The molecule has 7 nitrogen and oxygen atoms in total. The molecule has 0 radical (unpaired) electrons. The van der Waals surface area contributed by atoms with Crippen LogP contribution in [0.2, 0.25) is 0 Å². The number of hydrogen-bond donors (Lipinski definition) is 0. The summed E-state index contributed by atoms with van der Waals surface area (Å²) in [5, 5.41) is 10.8. The maximum absolute atomic E-state index is 12.9. The molecule has 0 spiro atoms. The van der Waals surface area contributed by atoms with E-state index in [0.29, 0.717) is 4.47 Å². The maximum atomic E-state index is 12.9. The molecule has 1 aromatic carbocycles. The first kappa shape index (κ1) is 15.1. The molecule has 21 heavy (non-hydrogen) atoms. The molecule has 2 aliphatic rings. The lowest BCUT2D eigenvalue weighted by atomic mass is 10.1. The van der Waals surface area contributed by atoms with Crippen molar-refractivity contribution in [1.82, 2.24) is 9.34 Å². The number of nitro groups is 1. The summed E-state index contributed by atoms with van der Waals surface area (Å²) < 4.78 is 22.8. The fourth-order valence-electron chi connectivity index (χ4n) is 2.10. The molecule has 3 rings (SSSR count). The van der Waals surface area contributed by atoms with E-state index in [0.717, 1.165) is 31.7 Å². The third-order valence-corrected chi connectivity index (χ3v) is 6.95. The minimum Gasteiger partial charge on any atom is -0.298 e. The zero-order chi connectivity index (χ0) is 15.2. The van der Waals surface area contributed by atoms with Crippen LogP contribution in [-0.4, -0.2) is 40.4 Å². The second-order valence-electron chi connectivity index (χ2n) is 5.11. The molecule has 1 unspecified atom stereocenters. The predicted octanol–water partition coefficient (Wildman–Crippen LogP) is 3.17. The first-order chi connectivity index (χ1) is 9.91. The van der Waals surface area contributed by atoms with Gasteiger partial charge in [-0.25, -0.2) is 9.34 Å². The average molecular weight is 376 g/mol. The number of halogens is 1.